The topological polar surface area (TPSA) is 57.5 Å². The van der Waals surface area contributed by atoms with Crippen LogP contribution in [0.15, 0.2) is 12.2 Å². The second kappa shape index (κ2) is 7.80. The van der Waals surface area contributed by atoms with Crippen molar-refractivity contribution in [1.82, 2.24) is 0 Å². The fraction of sp³-hybridized carbons (Fsp3) is 0.700. The number of carbonyl (C=O) groups is 1. The molecule has 3 nitrogen and oxygen atoms in total. The van der Waals surface area contributed by atoms with Crippen LogP contribution < -0.4 is 0 Å². The van der Waals surface area contributed by atoms with Gasteiger partial charge in [0.15, 0.2) is 6.10 Å². The van der Waals surface area contributed by atoms with E-state index in [9.17, 15) is 4.79 Å². The second-order valence-corrected chi connectivity index (χ2v) is 3.06. The van der Waals surface area contributed by atoms with Crippen molar-refractivity contribution in [3.05, 3.63) is 12.2 Å². The molecule has 0 radical (unpaired) electrons. The zero-order chi connectivity index (χ0) is 10.1. The smallest absolute Gasteiger partial charge is 0.332 e. The summed E-state index contributed by atoms with van der Waals surface area (Å²) in [6, 6.07) is 0. The molecule has 2 N–H and O–H groups in total. The van der Waals surface area contributed by atoms with Crippen LogP contribution in [-0.2, 0) is 4.79 Å². The minimum atomic E-state index is -1.25. The van der Waals surface area contributed by atoms with Crippen molar-refractivity contribution in [1.29, 1.82) is 0 Å². The fourth-order valence-corrected chi connectivity index (χ4v) is 0.956. The van der Waals surface area contributed by atoms with E-state index < -0.39 is 12.1 Å². The lowest BCUT2D eigenvalue weighted by Gasteiger charge is -1.99. The van der Waals surface area contributed by atoms with Crippen LogP contribution in [0.3, 0.4) is 0 Å². The molecule has 0 aliphatic rings. The summed E-state index contributed by atoms with van der Waals surface area (Å²) in [4.78, 5) is 10.2. The summed E-state index contributed by atoms with van der Waals surface area (Å²) in [5.74, 6) is -1.15. The van der Waals surface area contributed by atoms with E-state index >= 15 is 0 Å². The minimum absolute atomic E-state index is 0.210. The normalized spacial score (nSPS) is 13.4. The first-order valence-corrected chi connectivity index (χ1v) is 4.74. The number of allylic oxidation sites excluding steroid dienone is 1. The van der Waals surface area contributed by atoms with Gasteiger partial charge < -0.3 is 10.2 Å². The predicted octanol–water partition coefficient (Wildman–Crippen LogP) is 1.96. The molecule has 0 bridgehead atoms. The van der Waals surface area contributed by atoms with E-state index in [0.29, 0.717) is 0 Å². The van der Waals surface area contributed by atoms with Crippen LogP contribution in [0.25, 0.3) is 0 Å². The summed E-state index contributed by atoms with van der Waals surface area (Å²) >= 11 is 0. The third-order valence-corrected chi connectivity index (χ3v) is 1.79. The lowest BCUT2D eigenvalue weighted by atomic mass is 10.2. The number of aliphatic hydroxyl groups is 1. The molecular formula is C10H18O3. The maximum absolute atomic E-state index is 10.2. The van der Waals surface area contributed by atoms with Gasteiger partial charge in [-0.25, -0.2) is 4.79 Å². The molecule has 0 amide bonds. The maximum atomic E-state index is 10.2. The molecule has 0 saturated carbocycles. The Bertz CT molecular complexity index is 164. The highest BCUT2D eigenvalue weighted by molar-refractivity contribution is 5.72. The summed E-state index contributed by atoms with van der Waals surface area (Å²) in [7, 11) is 0. The van der Waals surface area contributed by atoms with Crippen molar-refractivity contribution in [2.24, 2.45) is 0 Å². The molecule has 13 heavy (non-hydrogen) atoms. The summed E-state index contributed by atoms with van der Waals surface area (Å²) < 4.78 is 0. The molecule has 0 fully saturated rings. The molecule has 0 aromatic heterocycles. The van der Waals surface area contributed by atoms with Gasteiger partial charge in [0.05, 0.1) is 0 Å². The highest BCUT2D eigenvalue weighted by Gasteiger charge is 2.09. The van der Waals surface area contributed by atoms with Gasteiger partial charge in [-0.15, -0.1) is 0 Å². The second-order valence-electron chi connectivity index (χ2n) is 3.06. The zero-order valence-electron chi connectivity index (χ0n) is 8.07. The lowest BCUT2D eigenvalue weighted by molar-refractivity contribution is -0.146. The van der Waals surface area contributed by atoms with E-state index in [1.54, 1.807) is 6.08 Å². The first kappa shape index (κ1) is 12.2. The fourth-order valence-electron chi connectivity index (χ4n) is 0.956. The molecule has 0 aliphatic heterocycles. The Labute approximate surface area is 79.1 Å². The summed E-state index contributed by atoms with van der Waals surface area (Å²) in [6.45, 7) is 2.14. The number of carboxylic acids is 1. The number of hydrogen-bond donors (Lipinski definition) is 2. The molecule has 0 heterocycles. The molecule has 0 aliphatic carbocycles. The van der Waals surface area contributed by atoms with E-state index in [4.69, 9.17) is 10.2 Å². The van der Waals surface area contributed by atoms with Crippen molar-refractivity contribution in [2.45, 2.75) is 45.1 Å². The van der Waals surface area contributed by atoms with Gasteiger partial charge in [0.2, 0.25) is 0 Å². The number of aliphatic hydroxyl groups excluding tert-OH is 1. The molecule has 3 heteroatoms. The van der Waals surface area contributed by atoms with E-state index in [1.165, 1.54) is 12.8 Å². The van der Waals surface area contributed by atoms with Gasteiger partial charge in [0.25, 0.3) is 0 Å². The van der Waals surface area contributed by atoms with Crippen molar-refractivity contribution < 1.29 is 15.0 Å². The largest absolute Gasteiger partial charge is 0.479 e. The Morgan fingerprint density at radius 2 is 2.08 bits per heavy atom. The van der Waals surface area contributed by atoms with E-state index in [2.05, 4.69) is 6.92 Å². The standard InChI is InChI=1S/C10H18O3/c1-2-3-4-5-6-7-8-9(11)10(12)13/h6-7,9,11H,2-5,8H2,1H3,(H,12,13). The molecule has 1 unspecified atom stereocenters. The first-order chi connectivity index (χ1) is 6.18. The molecule has 1 atom stereocenters. The van der Waals surface area contributed by atoms with Crippen molar-refractivity contribution in [3.63, 3.8) is 0 Å². The summed E-state index contributed by atoms with van der Waals surface area (Å²) in [5, 5.41) is 17.2. The zero-order valence-corrected chi connectivity index (χ0v) is 8.07. The molecule has 0 aromatic rings. The van der Waals surface area contributed by atoms with Crippen LogP contribution in [-0.4, -0.2) is 22.3 Å². The Kier molecular flexibility index (Phi) is 7.30. The lowest BCUT2D eigenvalue weighted by Crippen LogP contribution is -2.17. The van der Waals surface area contributed by atoms with Gasteiger partial charge in [-0.1, -0.05) is 31.9 Å². The van der Waals surface area contributed by atoms with Gasteiger partial charge in [0.1, 0.15) is 0 Å². The predicted molar refractivity (Wildman–Crippen MR) is 51.5 cm³/mol. The van der Waals surface area contributed by atoms with Crippen LogP contribution in [0.5, 0.6) is 0 Å². The number of rotatable bonds is 7. The van der Waals surface area contributed by atoms with E-state index in [0.717, 1.165) is 12.8 Å². The van der Waals surface area contributed by atoms with E-state index in [1.807, 2.05) is 6.08 Å². The average molecular weight is 186 g/mol. The molecule has 0 saturated heterocycles. The highest BCUT2D eigenvalue weighted by atomic mass is 16.4. The average Bonchev–Trinajstić information content (AvgIpc) is 2.10. The van der Waals surface area contributed by atoms with Gasteiger partial charge in [-0.3, -0.25) is 0 Å². The third-order valence-electron chi connectivity index (χ3n) is 1.79. The highest BCUT2D eigenvalue weighted by Crippen LogP contribution is 2.01. The van der Waals surface area contributed by atoms with Crippen LogP contribution >= 0.6 is 0 Å². The van der Waals surface area contributed by atoms with Crippen LogP contribution in [0.4, 0.5) is 0 Å². The first-order valence-electron chi connectivity index (χ1n) is 4.74. The van der Waals surface area contributed by atoms with Crippen LogP contribution in [0.2, 0.25) is 0 Å². The molecule has 76 valence electrons. The minimum Gasteiger partial charge on any atom is -0.479 e. The van der Waals surface area contributed by atoms with Crippen LogP contribution in [0, 0.1) is 0 Å². The van der Waals surface area contributed by atoms with Gasteiger partial charge in [-0.05, 0) is 12.8 Å². The molecule has 0 spiro atoms. The number of aliphatic carboxylic acids is 1. The van der Waals surface area contributed by atoms with Crippen molar-refractivity contribution >= 4 is 5.97 Å². The molecule has 0 aromatic carbocycles. The quantitative estimate of drug-likeness (QED) is 0.472. The van der Waals surface area contributed by atoms with E-state index in [-0.39, 0.29) is 6.42 Å². The monoisotopic (exact) mass is 186 g/mol. The Morgan fingerprint density at radius 3 is 2.62 bits per heavy atom. The summed E-state index contributed by atoms with van der Waals surface area (Å²) in [6.07, 6.45) is 7.12. The van der Waals surface area contributed by atoms with Crippen LogP contribution in [0.1, 0.15) is 39.0 Å². The molecular weight excluding hydrogens is 168 g/mol. The molecule has 0 rings (SSSR count). The third kappa shape index (κ3) is 7.53. The van der Waals surface area contributed by atoms with Gasteiger partial charge in [0, 0.05) is 6.42 Å². The maximum Gasteiger partial charge on any atom is 0.332 e. The SMILES string of the molecule is CCCCCC=CCC(O)C(=O)O. The van der Waals surface area contributed by atoms with Crippen molar-refractivity contribution in [2.75, 3.05) is 0 Å². The van der Waals surface area contributed by atoms with Gasteiger partial charge >= 0.3 is 5.97 Å². The summed E-state index contributed by atoms with van der Waals surface area (Å²) in [5.41, 5.74) is 0. The van der Waals surface area contributed by atoms with Gasteiger partial charge in [-0.2, -0.15) is 0 Å². The number of hydrogen-bond acceptors (Lipinski definition) is 2. The Balaban J connectivity index is 3.35. The Hall–Kier alpha value is -0.830. The Morgan fingerprint density at radius 1 is 1.38 bits per heavy atom. The number of unbranched alkanes of at least 4 members (excludes halogenated alkanes) is 3. The number of carboxylic acid groups (broad SMARTS) is 1. The van der Waals surface area contributed by atoms with Crippen molar-refractivity contribution in [3.8, 4) is 0 Å².